The van der Waals surface area contributed by atoms with Gasteiger partial charge in [0.05, 0.1) is 48.4 Å². The summed E-state index contributed by atoms with van der Waals surface area (Å²) in [6.45, 7) is 2.60. The van der Waals surface area contributed by atoms with Crippen LogP contribution in [0, 0.1) is 5.82 Å². The maximum absolute atomic E-state index is 14.8. The number of ketones is 1. The van der Waals surface area contributed by atoms with Crippen molar-refractivity contribution < 1.29 is 18.7 Å². The lowest BCUT2D eigenvalue weighted by Gasteiger charge is -2.15. The predicted molar refractivity (Wildman–Crippen MR) is 111 cm³/mol. The first-order valence-electron chi connectivity index (χ1n) is 9.61. The van der Waals surface area contributed by atoms with Crippen LogP contribution in [0.25, 0.3) is 11.3 Å². The fourth-order valence-electron chi connectivity index (χ4n) is 2.98. The maximum atomic E-state index is 14.8. The molecule has 1 unspecified atom stereocenters. The molecule has 0 aromatic carbocycles. The van der Waals surface area contributed by atoms with E-state index in [1.54, 1.807) is 6.07 Å². The smallest absolute Gasteiger partial charge is 0.232 e. The number of Topliss-reactive ketones (excluding diaryl/α,β-unsaturated/α-hetero) is 1. The summed E-state index contributed by atoms with van der Waals surface area (Å²) in [6.07, 6.45) is 6.07. The van der Waals surface area contributed by atoms with Crippen LogP contribution in [0.5, 0.6) is 5.88 Å². The number of pyridine rings is 1. The molecule has 162 valence electrons. The number of aromatic nitrogens is 5. The van der Waals surface area contributed by atoms with Gasteiger partial charge in [-0.05, 0) is 37.1 Å². The summed E-state index contributed by atoms with van der Waals surface area (Å²) >= 11 is 5.86. The monoisotopic (exact) mass is 445 g/mol. The van der Waals surface area contributed by atoms with Crippen LogP contribution in [0.4, 0.5) is 4.39 Å². The number of rotatable bonds is 10. The molecule has 0 aliphatic carbocycles. The number of hydrogen-bond donors (Lipinski definition) is 0. The zero-order valence-corrected chi connectivity index (χ0v) is 17.8. The third kappa shape index (κ3) is 5.99. The minimum atomic E-state index is -0.616. The quantitative estimate of drug-likeness (QED) is 0.437. The fraction of sp³-hybridized carbons (Fsp3) is 0.333. The summed E-state index contributed by atoms with van der Waals surface area (Å²) in [5, 5.41) is 0.0387. The van der Waals surface area contributed by atoms with E-state index in [1.807, 2.05) is 6.92 Å². The van der Waals surface area contributed by atoms with Crippen molar-refractivity contribution in [3.05, 3.63) is 59.4 Å². The normalized spacial score (nSPS) is 11.9. The van der Waals surface area contributed by atoms with Crippen molar-refractivity contribution in [3.8, 4) is 17.1 Å². The minimum absolute atomic E-state index is 0.0326. The van der Waals surface area contributed by atoms with Crippen LogP contribution < -0.4 is 4.74 Å². The van der Waals surface area contributed by atoms with Crippen molar-refractivity contribution >= 4 is 17.4 Å². The van der Waals surface area contributed by atoms with Crippen LogP contribution in [-0.4, -0.2) is 51.0 Å². The highest BCUT2D eigenvalue weighted by Crippen LogP contribution is 2.24. The molecule has 0 aliphatic heterocycles. The molecule has 3 rings (SSSR count). The Morgan fingerprint density at radius 2 is 2.06 bits per heavy atom. The van der Waals surface area contributed by atoms with Crippen LogP contribution in [0.3, 0.4) is 0 Å². The van der Waals surface area contributed by atoms with Gasteiger partial charge in [-0.3, -0.25) is 14.8 Å². The first kappa shape index (κ1) is 22.6. The second-order valence-electron chi connectivity index (χ2n) is 6.56. The molecule has 0 fully saturated rings. The molecule has 0 N–H and O–H groups in total. The molecule has 0 bridgehead atoms. The van der Waals surface area contributed by atoms with E-state index in [4.69, 9.17) is 21.1 Å². The molecule has 1 atom stereocenters. The van der Waals surface area contributed by atoms with Gasteiger partial charge in [0.2, 0.25) is 11.2 Å². The molecule has 0 saturated heterocycles. The largest absolute Gasteiger partial charge is 0.477 e. The van der Waals surface area contributed by atoms with Crippen molar-refractivity contribution in [2.24, 2.45) is 0 Å². The lowest BCUT2D eigenvalue weighted by Crippen LogP contribution is -2.19. The Kier molecular flexibility index (Phi) is 7.91. The molecule has 0 amide bonds. The molecule has 3 aromatic rings. The maximum Gasteiger partial charge on any atom is 0.232 e. The second kappa shape index (κ2) is 10.8. The van der Waals surface area contributed by atoms with E-state index >= 15 is 0 Å². The van der Waals surface area contributed by atoms with Gasteiger partial charge in [0, 0.05) is 31.7 Å². The highest BCUT2D eigenvalue weighted by molar-refractivity contribution is 6.28. The molecule has 8 nitrogen and oxygen atoms in total. The van der Waals surface area contributed by atoms with Crippen LogP contribution in [0.15, 0.2) is 36.9 Å². The van der Waals surface area contributed by atoms with Crippen molar-refractivity contribution in [2.45, 2.75) is 25.7 Å². The van der Waals surface area contributed by atoms with Crippen molar-refractivity contribution in [1.29, 1.82) is 0 Å². The molecule has 3 aromatic heterocycles. The number of carbonyl (C=O) groups is 1. The van der Waals surface area contributed by atoms with E-state index < -0.39 is 11.7 Å². The van der Waals surface area contributed by atoms with Gasteiger partial charge in [0.1, 0.15) is 11.6 Å². The standard InChI is InChI=1S/C21H21ClFN5O3/c1-3-31-20-12-24-11-18(27-20)13-8-15(23)17(26-10-13)9-19(29)14(5-7-30-2)16-4-6-25-21(22)28-16/h4,6,8,10-12,14H,3,5,7,9H2,1-2H3. The van der Waals surface area contributed by atoms with E-state index in [2.05, 4.69) is 24.9 Å². The van der Waals surface area contributed by atoms with Crippen LogP contribution in [-0.2, 0) is 16.0 Å². The zero-order valence-electron chi connectivity index (χ0n) is 17.1. The Morgan fingerprint density at radius 1 is 1.23 bits per heavy atom. The highest BCUT2D eigenvalue weighted by Gasteiger charge is 2.24. The lowest BCUT2D eigenvalue weighted by atomic mass is 9.93. The third-order valence-electron chi connectivity index (χ3n) is 4.46. The Bertz CT molecular complexity index is 1050. The summed E-state index contributed by atoms with van der Waals surface area (Å²) in [4.78, 5) is 33.4. The summed E-state index contributed by atoms with van der Waals surface area (Å²) in [6, 6.07) is 2.89. The van der Waals surface area contributed by atoms with Gasteiger partial charge in [-0.1, -0.05) is 0 Å². The average Bonchev–Trinajstić information content (AvgIpc) is 2.76. The molecule has 3 heterocycles. The number of carbonyl (C=O) groups excluding carboxylic acids is 1. The van der Waals surface area contributed by atoms with E-state index in [-0.39, 0.29) is 23.2 Å². The topological polar surface area (TPSA) is 100.0 Å². The summed E-state index contributed by atoms with van der Waals surface area (Å²) in [7, 11) is 1.54. The first-order chi connectivity index (χ1) is 15.0. The van der Waals surface area contributed by atoms with Gasteiger partial charge >= 0.3 is 0 Å². The Labute approximate surface area is 183 Å². The Balaban J connectivity index is 1.80. The molecule has 0 radical (unpaired) electrons. The number of halogens is 2. The molecule has 10 heteroatoms. The van der Waals surface area contributed by atoms with Crippen LogP contribution in [0.1, 0.15) is 30.7 Å². The van der Waals surface area contributed by atoms with E-state index in [1.165, 1.54) is 38.0 Å². The fourth-order valence-corrected chi connectivity index (χ4v) is 3.13. The van der Waals surface area contributed by atoms with Crippen LogP contribution in [0.2, 0.25) is 5.28 Å². The average molecular weight is 446 g/mol. The molecule has 0 saturated carbocycles. The lowest BCUT2D eigenvalue weighted by molar-refractivity contribution is -0.120. The number of ether oxygens (including phenoxy) is 2. The third-order valence-corrected chi connectivity index (χ3v) is 4.65. The van der Waals surface area contributed by atoms with Crippen molar-refractivity contribution in [3.63, 3.8) is 0 Å². The Hall–Kier alpha value is -3.04. The second-order valence-corrected chi connectivity index (χ2v) is 6.89. The van der Waals surface area contributed by atoms with Gasteiger partial charge in [-0.25, -0.2) is 19.3 Å². The molecule has 0 spiro atoms. The minimum Gasteiger partial charge on any atom is -0.477 e. The van der Waals surface area contributed by atoms with Gasteiger partial charge in [-0.2, -0.15) is 0 Å². The Morgan fingerprint density at radius 3 is 2.77 bits per heavy atom. The van der Waals surface area contributed by atoms with Gasteiger partial charge in [0.25, 0.3) is 0 Å². The number of methoxy groups -OCH3 is 1. The number of nitrogens with zero attached hydrogens (tertiary/aromatic N) is 5. The van der Waals surface area contributed by atoms with Gasteiger partial charge in [-0.15, -0.1) is 0 Å². The van der Waals surface area contributed by atoms with Crippen molar-refractivity contribution in [1.82, 2.24) is 24.9 Å². The van der Waals surface area contributed by atoms with Gasteiger partial charge in [0.15, 0.2) is 0 Å². The summed E-state index contributed by atoms with van der Waals surface area (Å²) in [5.74, 6) is -1.14. The van der Waals surface area contributed by atoms with Gasteiger partial charge < -0.3 is 9.47 Å². The summed E-state index contributed by atoms with van der Waals surface area (Å²) in [5.41, 5.74) is 1.34. The van der Waals surface area contributed by atoms with E-state index in [0.29, 0.717) is 42.5 Å². The van der Waals surface area contributed by atoms with Crippen molar-refractivity contribution in [2.75, 3.05) is 20.3 Å². The molecular weight excluding hydrogens is 425 g/mol. The molecular formula is C21H21ClFN5O3. The predicted octanol–water partition coefficient (Wildman–Crippen LogP) is 3.45. The SMILES string of the molecule is CCOc1cncc(-c2cnc(CC(=O)C(CCOC)c3ccnc(Cl)n3)c(F)c2)n1. The van der Waals surface area contributed by atoms with Crippen LogP contribution >= 0.6 is 11.6 Å². The van der Waals surface area contributed by atoms with E-state index in [9.17, 15) is 9.18 Å². The molecule has 0 aliphatic rings. The van der Waals surface area contributed by atoms with E-state index in [0.717, 1.165) is 0 Å². The first-order valence-corrected chi connectivity index (χ1v) is 9.99. The molecule has 31 heavy (non-hydrogen) atoms. The highest BCUT2D eigenvalue weighted by atomic mass is 35.5. The zero-order chi connectivity index (χ0) is 22.2. The summed E-state index contributed by atoms with van der Waals surface area (Å²) < 4.78 is 25.2. The number of hydrogen-bond acceptors (Lipinski definition) is 8.